The van der Waals surface area contributed by atoms with Gasteiger partial charge in [0, 0.05) is 5.56 Å². The highest BCUT2D eigenvalue weighted by atomic mass is 16.4. The van der Waals surface area contributed by atoms with E-state index in [0.717, 1.165) is 28.7 Å². The number of fused-ring (bicyclic) bond motifs is 2. The average Bonchev–Trinajstić information content (AvgIpc) is 3.29. The van der Waals surface area contributed by atoms with E-state index >= 15 is 0 Å². The average molecular weight is 380 g/mol. The fourth-order valence-corrected chi connectivity index (χ4v) is 4.78. The summed E-state index contributed by atoms with van der Waals surface area (Å²) < 4.78 is 0. The Morgan fingerprint density at radius 3 is 2.28 bits per heavy atom. The summed E-state index contributed by atoms with van der Waals surface area (Å²) in [5, 5.41) is 9.18. The number of ketones is 1. The predicted molar refractivity (Wildman–Crippen MR) is 112 cm³/mol. The van der Waals surface area contributed by atoms with Gasteiger partial charge in [0.25, 0.3) is 0 Å². The molecule has 2 aliphatic carbocycles. The Morgan fingerprint density at radius 2 is 1.59 bits per heavy atom. The van der Waals surface area contributed by atoms with Crippen molar-refractivity contribution in [2.75, 3.05) is 0 Å². The zero-order valence-corrected chi connectivity index (χ0v) is 15.9. The van der Waals surface area contributed by atoms with Crippen LogP contribution in [0.25, 0.3) is 6.08 Å². The monoisotopic (exact) mass is 380 g/mol. The molecule has 5 rings (SSSR count). The van der Waals surface area contributed by atoms with Crippen LogP contribution in [0.2, 0.25) is 0 Å². The molecule has 3 nitrogen and oxygen atoms in total. The highest BCUT2D eigenvalue weighted by molar-refractivity contribution is 6.08. The summed E-state index contributed by atoms with van der Waals surface area (Å²) in [6.45, 7) is 0. The van der Waals surface area contributed by atoms with Gasteiger partial charge >= 0.3 is 5.97 Å². The van der Waals surface area contributed by atoms with E-state index in [1.54, 1.807) is 12.1 Å². The molecule has 0 spiro atoms. The Bertz CT molecular complexity index is 1170. The highest BCUT2D eigenvalue weighted by Gasteiger charge is 2.48. The Balaban J connectivity index is 1.58. The number of carboxylic acid groups (broad SMARTS) is 1. The van der Waals surface area contributed by atoms with Gasteiger partial charge in [-0.2, -0.15) is 0 Å². The molecule has 0 heterocycles. The van der Waals surface area contributed by atoms with Gasteiger partial charge in [-0.1, -0.05) is 72.3 Å². The van der Waals surface area contributed by atoms with E-state index in [4.69, 9.17) is 0 Å². The van der Waals surface area contributed by atoms with Crippen LogP contribution in [0.15, 0.2) is 78.4 Å². The lowest BCUT2D eigenvalue weighted by Crippen LogP contribution is -2.33. The second kappa shape index (κ2) is 6.56. The number of carboxylic acids is 1. The van der Waals surface area contributed by atoms with Crippen molar-refractivity contribution < 1.29 is 14.7 Å². The van der Waals surface area contributed by atoms with E-state index in [-0.39, 0.29) is 11.3 Å². The van der Waals surface area contributed by atoms with Crippen LogP contribution in [0.1, 0.15) is 43.0 Å². The standard InChI is InChI=1S/C26H20O3/c27-24-23-8-4-3-7-21(23)16-26(24,15-17-9-11-18(12-10-17)25(28)29)22-13-19-5-1-2-6-20(19)14-22/h1-13H,14-16H2,(H,28,29)/t26-/m1/s1. The number of carbonyl (C=O) groups excluding carboxylic acids is 1. The maximum atomic E-state index is 13.7. The molecule has 1 N–H and O–H groups in total. The molecule has 0 unspecified atom stereocenters. The number of Topliss-reactive ketones (excluding diaryl/α,β-unsaturated/α-hetero) is 1. The SMILES string of the molecule is O=C(O)c1ccc(C[C@]2(C3=Cc4ccccc4C3)Cc3ccccc3C2=O)cc1. The summed E-state index contributed by atoms with van der Waals surface area (Å²) >= 11 is 0. The molecule has 3 aromatic rings. The summed E-state index contributed by atoms with van der Waals surface area (Å²) in [5.74, 6) is -0.765. The Kier molecular flexibility index (Phi) is 3.99. The number of rotatable bonds is 4. The molecule has 0 aromatic heterocycles. The number of hydrogen-bond acceptors (Lipinski definition) is 2. The molecule has 3 aromatic carbocycles. The van der Waals surface area contributed by atoms with Crippen LogP contribution in [0.3, 0.4) is 0 Å². The molecular weight excluding hydrogens is 360 g/mol. The molecule has 3 heteroatoms. The minimum atomic E-state index is -0.940. The van der Waals surface area contributed by atoms with Crippen LogP contribution in [0.4, 0.5) is 0 Å². The van der Waals surface area contributed by atoms with E-state index in [0.29, 0.717) is 12.8 Å². The van der Waals surface area contributed by atoms with Gasteiger partial charge in [-0.05, 0) is 53.6 Å². The molecular formula is C26H20O3. The van der Waals surface area contributed by atoms with E-state index in [2.05, 4.69) is 18.2 Å². The third-order valence-corrected chi connectivity index (χ3v) is 6.28. The third kappa shape index (κ3) is 2.82. The molecule has 0 fully saturated rings. The maximum absolute atomic E-state index is 13.7. The molecule has 0 amide bonds. The van der Waals surface area contributed by atoms with Crippen molar-refractivity contribution in [1.29, 1.82) is 0 Å². The molecule has 29 heavy (non-hydrogen) atoms. The van der Waals surface area contributed by atoms with Gasteiger partial charge < -0.3 is 5.11 Å². The van der Waals surface area contributed by atoms with Crippen molar-refractivity contribution in [1.82, 2.24) is 0 Å². The van der Waals surface area contributed by atoms with Gasteiger partial charge in [0.1, 0.15) is 0 Å². The van der Waals surface area contributed by atoms with Crippen molar-refractivity contribution in [3.63, 3.8) is 0 Å². The first-order valence-electron chi connectivity index (χ1n) is 9.81. The fraction of sp³-hybridized carbons (Fsp3) is 0.154. The first-order valence-corrected chi connectivity index (χ1v) is 9.81. The van der Waals surface area contributed by atoms with Gasteiger partial charge in [0.15, 0.2) is 5.78 Å². The second-order valence-electron chi connectivity index (χ2n) is 7.97. The van der Waals surface area contributed by atoms with E-state index < -0.39 is 11.4 Å². The van der Waals surface area contributed by atoms with Crippen LogP contribution in [0, 0.1) is 5.41 Å². The van der Waals surface area contributed by atoms with E-state index in [9.17, 15) is 14.7 Å². The lowest BCUT2D eigenvalue weighted by Gasteiger charge is -2.30. The number of carbonyl (C=O) groups is 2. The molecule has 2 aliphatic rings. The second-order valence-corrected chi connectivity index (χ2v) is 7.97. The molecule has 0 saturated heterocycles. The van der Waals surface area contributed by atoms with Crippen molar-refractivity contribution in [3.05, 3.63) is 112 Å². The zero-order valence-electron chi connectivity index (χ0n) is 15.9. The lowest BCUT2D eigenvalue weighted by molar-refractivity contribution is 0.0696. The summed E-state index contributed by atoms with van der Waals surface area (Å²) in [6.07, 6.45) is 4.22. The number of benzene rings is 3. The summed E-state index contributed by atoms with van der Waals surface area (Å²) in [7, 11) is 0. The van der Waals surface area contributed by atoms with Gasteiger partial charge in [0.2, 0.25) is 0 Å². The van der Waals surface area contributed by atoms with E-state index in [1.165, 1.54) is 11.1 Å². The van der Waals surface area contributed by atoms with Gasteiger partial charge in [0.05, 0.1) is 11.0 Å². The number of allylic oxidation sites excluding steroid dienone is 1. The Morgan fingerprint density at radius 1 is 0.897 bits per heavy atom. The summed E-state index contributed by atoms with van der Waals surface area (Å²) in [6, 6.07) is 23.1. The largest absolute Gasteiger partial charge is 0.478 e. The Hall–Kier alpha value is -3.46. The highest BCUT2D eigenvalue weighted by Crippen LogP contribution is 2.48. The van der Waals surface area contributed by atoms with Gasteiger partial charge in [-0.15, -0.1) is 0 Å². The minimum absolute atomic E-state index is 0.175. The Labute approximate surface area is 169 Å². The van der Waals surface area contributed by atoms with Crippen molar-refractivity contribution >= 4 is 17.8 Å². The van der Waals surface area contributed by atoms with Crippen molar-refractivity contribution in [2.45, 2.75) is 19.3 Å². The zero-order chi connectivity index (χ0) is 20.0. The topological polar surface area (TPSA) is 54.4 Å². The minimum Gasteiger partial charge on any atom is -0.478 e. The third-order valence-electron chi connectivity index (χ3n) is 6.28. The first kappa shape index (κ1) is 17.6. The molecule has 0 saturated carbocycles. The van der Waals surface area contributed by atoms with Gasteiger partial charge in [-0.3, -0.25) is 4.79 Å². The van der Waals surface area contributed by atoms with Crippen LogP contribution < -0.4 is 0 Å². The lowest BCUT2D eigenvalue weighted by atomic mass is 9.71. The molecule has 0 aliphatic heterocycles. The quantitative estimate of drug-likeness (QED) is 0.694. The molecule has 0 radical (unpaired) electrons. The molecule has 142 valence electrons. The predicted octanol–water partition coefficient (Wildman–Crippen LogP) is 4.99. The smallest absolute Gasteiger partial charge is 0.335 e. The van der Waals surface area contributed by atoms with Gasteiger partial charge in [-0.25, -0.2) is 4.79 Å². The maximum Gasteiger partial charge on any atom is 0.335 e. The first-order chi connectivity index (χ1) is 14.1. The van der Waals surface area contributed by atoms with Crippen LogP contribution >= 0.6 is 0 Å². The fourth-order valence-electron chi connectivity index (χ4n) is 4.78. The van der Waals surface area contributed by atoms with Crippen LogP contribution in [0.5, 0.6) is 0 Å². The number of aromatic carboxylic acids is 1. The molecule has 1 atom stereocenters. The number of hydrogen-bond donors (Lipinski definition) is 1. The van der Waals surface area contributed by atoms with Crippen molar-refractivity contribution in [3.8, 4) is 0 Å². The van der Waals surface area contributed by atoms with Crippen LogP contribution in [-0.2, 0) is 19.3 Å². The molecule has 0 bridgehead atoms. The van der Waals surface area contributed by atoms with Crippen molar-refractivity contribution in [2.24, 2.45) is 5.41 Å². The van der Waals surface area contributed by atoms with Crippen LogP contribution in [-0.4, -0.2) is 16.9 Å². The normalized spacial score (nSPS) is 19.6. The van der Waals surface area contributed by atoms with E-state index in [1.807, 2.05) is 48.5 Å². The summed E-state index contributed by atoms with van der Waals surface area (Å²) in [4.78, 5) is 24.9. The summed E-state index contributed by atoms with van der Waals surface area (Å²) in [5.41, 5.74) is 6.13.